The predicted octanol–water partition coefficient (Wildman–Crippen LogP) is 3.03. The van der Waals surface area contributed by atoms with E-state index >= 15 is 0 Å². The van der Waals surface area contributed by atoms with Crippen LogP contribution in [-0.4, -0.2) is 13.1 Å². The molecule has 82 valence electrons. The molecular formula is C14H21N. The zero-order valence-electron chi connectivity index (χ0n) is 9.84. The minimum absolute atomic E-state index is 0.446. The first-order valence-corrected chi connectivity index (χ1v) is 6.05. The van der Waals surface area contributed by atoms with Gasteiger partial charge in [-0.1, -0.05) is 44.0 Å². The van der Waals surface area contributed by atoms with Crippen molar-refractivity contribution < 1.29 is 0 Å². The summed E-state index contributed by atoms with van der Waals surface area (Å²) in [6.45, 7) is 6.84. The molecule has 0 bridgehead atoms. The zero-order valence-corrected chi connectivity index (χ0v) is 9.84. The van der Waals surface area contributed by atoms with Crippen LogP contribution < -0.4 is 5.32 Å². The monoisotopic (exact) mass is 203 g/mol. The second kappa shape index (κ2) is 4.36. The number of hydrogen-bond acceptors (Lipinski definition) is 1. The van der Waals surface area contributed by atoms with Crippen molar-refractivity contribution >= 4 is 0 Å². The zero-order chi connectivity index (χ0) is 10.7. The van der Waals surface area contributed by atoms with Gasteiger partial charge in [-0.15, -0.1) is 0 Å². The molecule has 1 nitrogen and oxygen atoms in total. The summed E-state index contributed by atoms with van der Waals surface area (Å²) in [5, 5.41) is 3.44. The van der Waals surface area contributed by atoms with Crippen LogP contribution in [-0.2, 0) is 5.41 Å². The summed E-state index contributed by atoms with van der Waals surface area (Å²) >= 11 is 0. The van der Waals surface area contributed by atoms with Crippen LogP contribution in [0.5, 0.6) is 0 Å². The first-order chi connectivity index (χ1) is 7.28. The maximum absolute atomic E-state index is 3.44. The molecule has 1 aromatic rings. The van der Waals surface area contributed by atoms with Gasteiger partial charge in [0.1, 0.15) is 0 Å². The molecule has 1 N–H and O–H groups in total. The molecule has 0 amide bonds. The molecule has 0 aromatic heterocycles. The normalized spacial score (nSPS) is 18.5. The fourth-order valence-corrected chi connectivity index (χ4v) is 2.61. The maximum Gasteiger partial charge on any atom is 0.0205 e. The average Bonchev–Trinajstić information content (AvgIpc) is 2.19. The summed E-state index contributed by atoms with van der Waals surface area (Å²) in [5.74, 6) is 0. The van der Waals surface area contributed by atoms with E-state index in [9.17, 15) is 0 Å². The second-order valence-electron chi connectivity index (χ2n) is 4.80. The molecule has 0 radical (unpaired) electrons. The summed E-state index contributed by atoms with van der Waals surface area (Å²) in [6, 6.07) is 8.86. The standard InChI is InChI=1S/C14H21N/c1-3-4-9-14(10-15-11-14)13-8-6-5-7-12(13)2/h5-8,15H,3-4,9-11H2,1-2H3. The lowest BCUT2D eigenvalue weighted by Crippen LogP contribution is -2.57. The highest BCUT2D eigenvalue weighted by molar-refractivity contribution is 5.36. The summed E-state index contributed by atoms with van der Waals surface area (Å²) in [5.41, 5.74) is 3.47. The van der Waals surface area contributed by atoms with Gasteiger partial charge >= 0.3 is 0 Å². The number of benzene rings is 1. The smallest absolute Gasteiger partial charge is 0.0205 e. The van der Waals surface area contributed by atoms with Crippen molar-refractivity contribution in [3.8, 4) is 0 Å². The van der Waals surface area contributed by atoms with E-state index in [2.05, 4.69) is 43.4 Å². The highest BCUT2D eigenvalue weighted by atomic mass is 15.0. The summed E-state index contributed by atoms with van der Waals surface area (Å²) in [4.78, 5) is 0. The van der Waals surface area contributed by atoms with Gasteiger partial charge in [0.25, 0.3) is 0 Å². The topological polar surface area (TPSA) is 12.0 Å². The molecule has 0 spiro atoms. The average molecular weight is 203 g/mol. The Balaban J connectivity index is 2.22. The molecule has 0 atom stereocenters. The summed E-state index contributed by atoms with van der Waals surface area (Å²) in [6.07, 6.45) is 3.98. The highest BCUT2D eigenvalue weighted by Gasteiger charge is 2.38. The molecule has 1 fully saturated rings. The molecular weight excluding hydrogens is 182 g/mol. The van der Waals surface area contributed by atoms with E-state index in [0.717, 1.165) is 13.1 Å². The highest BCUT2D eigenvalue weighted by Crippen LogP contribution is 2.35. The van der Waals surface area contributed by atoms with Crippen LogP contribution in [0, 0.1) is 6.92 Å². The van der Waals surface area contributed by atoms with Gasteiger partial charge < -0.3 is 5.32 Å². The quantitative estimate of drug-likeness (QED) is 0.793. The number of hydrogen-bond donors (Lipinski definition) is 1. The van der Waals surface area contributed by atoms with Gasteiger partial charge in [-0.25, -0.2) is 0 Å². The van der Waals surface area contributed by atoms with E-state index in [4.69, 9.17) is 0 Å². The van der Waals surface area contributed by atoms with Crippen LogP contribution >= 0.6 is 0 Å². The van der Waals surface area contributed by atoms with Crippen LogP contribution in [0.4, 0.5) is 0 Å². The number of nitrogens with one attached hydrogen (secondary N) is 1. The summed E-state index contributed by atoms with van der Waals surface area (Å²) < 4.78 is 0. The molecule has 1 heteroatoms. The third kappa shape index (κ3) is 1.93. The fourth-order valence-electron chi connectivity index (χ4n) is 2.61. The van der Waals surface area contributed by atoms with E-state index < -0.39 is 0 Å². The van der Waals surface area contributed by atoms with Gasteiger partial charge in [0.2, 0.25) is 0 Å². The van der Waals surface area contributed by atoms with Crippen LogP contribution in [0.1, 0.15) is 37.3 Å². The Morgan fingerprint density at radius 3 is 2.53 bits per heavy atom. The van der Waals surface area contributed by atoms with Crippen molar-refractivity contribution in [3.63, 3.8) is 0 Å². The molecule has 1 aromatic carbocycles. The maximum atomic E-state index is 3.44. The molecule has 15 heavy (non-hydrogen) atoms. The van der Waals surface area contributed by atoms with Crippen LogP contribution in [0.25, 0.3) is 0 Å². The number of aryl methyl sites for hydroxylation is 1. The molecule has 1 aliphatic heterocycles. The number of rotatable bonds is 4. The fraction of sp³-hybridized carbons (Fsp3) is 0.571. The van der Waals surface area contributed by atoms with Crippen LogP contribution in [0.15, 0.2) is 24.3 Å². The lowest BCUT2D eigenvalue weighted by molar-refractivity contribution is 0.250. The minimum Gasteiger partial charge on any atom is -0.315 e. The van der Waals surface area contributed by atoms with Crippen molar-refractivity contribution in [3.05, 3.63) is 35.4 Å². The van der Waals surface area contributed by atoms with Crippen molar-refractivity contribution in [2.75, 3.05) is 13.1 Å². The Kier molecular flexibility index (Phi) is 3.11. The Hall–Kier alpha value is -0.820. The van der Waals surface area contributed by atoms with E-state index in [0.29, 0.717) is 5.41 Å². The van der Waals surface area contributed by atoms with Crippen molar-refractivity contribution in [2.45, 2.75) is 38.5 Å². The Labute approximate surface area is 92.9 Å². The van der Waals surface area contributed by atoms with Crippen molar-refractivity contribution in [1.82, 2.24) is 5.32 Å². The van der Waals surface area contributed by atoms with Gasteiger partial charge in [-0.05, 0) is 24.5 Å². The van der Waals surface area contributed by atoms with E-state index in [1.807, 2.05) is 0 Å². The van der Waals surface area contributed by atoms with Crippen LogP contribution in [0.2, 0.25) is 0 Å². The van der Waals surface area contributed by atoms with Gasteiger partial charge in [0, 0.05) is 18.5 Å². The molecule has 1 heterocycles. The first-order valence-electron chi connectivity index (χ1n) is 6.05. The van der Waals surface area contributed by atoms with E-state index in [1.54, 1.807) is 5.56 Å². The van der Waals surface area contributed by atoms with Gasteiger partial charge in [0.15, 0.2) is 0 Å². The largest absolute Gasteiger partial charge is 0.315 e. The molecule has 1 aliphatic rings. The molecule has 2 rings (SSSR count). The predicted molar refractivity (Wildman–Crippen MR) is 65.3 cm³/mol. The van der Waals surface area contributed by atoms with Crippen molar-refractivity contribution in [2.24, 2.45) is 0 Å². The SMILES string of the molecule is CCCCC1(c2ccccc2C)CNC1. The van der Waals surface area contributed by atoms with Gasteiger partial charge in [-0.2, -0.15) is 0 Å². The van der Waals surface area contributed by atoms with E-state index in [1.165, 1.54) is 24.8 Å². The van der Waals surface area contributed by atoms with E-state index in [-0.39, 0.29) is 0 Å². The lowest BCUT2D eigenvalue weighted by atomic mass is 9.70. The van der Waals surface area contributed by atoms with Crippen LogP contribution in [0.3, 0.4) is 0 Å². The van der Waals surface area contributed by atoms with Gasteiger partial charge in [0.05, 0.1) is 0 Å². The first kappa shape index (κ1) is 10.7. The molecule has 0 unspecified atom stereocenters. The second-order valence-corrected chi connectivity index (χ2v) is 4.80. The molecule has 0 saturated carbocycles. The summed E-state index contributed by atoms with van der Waals surface area (Å²) in [7, 11) is 0. The molecule has 0 aliphatic carbocycles. The Bertz CT molecular complexity index is 326. The number of unbranched alkanes of at least 4 members (excludes halogenated alkanes) is 1. The third-order valence-corrected chi connectivity index (χ3v) is 3.65. The van der Waals surface area contributed by atoms with Gasteiger partial charge in [-0.3, -0.25) is 0 Å². The minimum atomic E-state index is 0.446. The lowest BCUT2D eigenvalue weighted by Gasteiger charge is -2.44. The third-order valence-electron chi connectivity index (χ3n) is 3.65. The Morgan fingerprint density at radius 2 is 2.00 bits per heavy atom. The van der Waals surface area contributed by atoms with Crippen molar-refractivity contribution in [1.29, 1.82) is 0 Å². The Morgan fingerprint density at radius 1 is 1.27 bits per heavy atom. The molecule has 1 saturated heterocycles.